The van der Waals surface area contributed by atoms with Crippen LogP contribution >= 0.6 is 0 Å². The van der Waals surface area contributed by atoms with Crippen LogP contribution in [0.3, 0.4) is 0 Å². The van der Waals surface area contributed by atoms with Gasteiger partial charge in [-0.25, -0.2) is 8.42 Å². The van der Waals surface area contributed by atoms with E-state index < -0.39 is 9.84 Å². The zero-order valence-corrected chi connectivity index (χ0v) is 18.2. The van der Waals surface area contributed by atoms with Gasteiger partial charge in [0.15, 0.2) is 9.84 Å². The van der Waals surface area contributed by atoms with Gasteiger partial charge in [0.05, 0.1) is 46.6 Å². The van der Waals surface area contributed by atoms with Crippen LogP contribution in [-0.2, 0) is 16.4 Å². The lowest BCUT2D eigenvalue weighted by Gasteiger charge is -2.34. The SMILES string of the molecule is O=S1(=O)CCN(c2ccccc2CN(c2cccnc2)c2cccnc2)c2ccccc21. The Morgan fingerprint density at radius 2 is 1.41 bits per heavy atom. The minimum atomic E-state index is -3.27. The van der Waals surface area contributed by atoms with Gasteiger partial charge >= 0.3 is 0 Å². The molecule has 5 rings (SSSR count). The standard InChI is InChI=1S/C25H22N4O2S/c30-32(31)16-15-28(24-11-3-4-12-25(24)32)23-10-2-1-7-20(23)19-29(21-8-5-13-26-17-21)22-9-6-14-27-18-22/h1-14,17-18H,15-16,19H2. The van der Waals surface area contributed by atoms with Crippen LogP contribution in [0.15, 0.2) is 102 Å². The summed E-state index contributed by atoms with van der Waals surface area (Å²) in [6.45, 7) is 0.995. The van der Waals surface area contributed by atoms with E-state index in [1.807, 2.05) is 60.9 Å². The predicted octanol–water partition coefficient (Wildman–Crippen LogP) is 4.74. The molecule has 3 heterocycles. The summed E-state index contributed by atoms with van der Waals surface area (Å²) in [5.74, 6) is 0.0905. The van der Waals surface area contributed by atoms with Gasteiger partial charge in [0.1, 0.15) is 0 Å². The highest BCUT2D eigenvalue weighted by atomic mass is 32.2. The number of nitrogens with zero attached hydrogens (tertiary/aromatic N) is 4. The van der Waals surface area contributed by atoms with Crippen molar-refractivity contribution < 1.29 is 8.42 Å². The van der Waals surface area contributed by atoms with E-state index in [1.165, 1.54) is 0 Å². The molecule has 0 saturated heterocycles. The van der Waals surface area contributed by atoms with Gasteiger partial charge < -0.3 is 9.80 Å². The molecule has 7 heteroatoms. The molecule has 0 radical (unpaired) electrons. The first-order chi connectivity index (χ1) is 15.6. The maximum atomic E-state index is 12.6. The van der Waals surface area contributed by atoms with E-state index in [4.69, 9.17) is 0 Å². The van der Waals surface area contributed by atoms with Gasteiger partial charge in [-0.1, -0.05) is 30.3 Å². The quantitative estimate of drug-likeness (QED) is 0.445. The van der Waals surface area contributed by atoms with E-state index in [0.29, 0.717) is 18.0 Å². The molecule has 32 heavy (non-hydrogen) atoms. The van der Waals surface area contributed by atoms with E-state index in [1.54, 1.807) is 24.5 Å². The molecule has 6 nitrogen and oxygen atoms in total. The molecule has 0 fully saturated rings. The minimum Gasteiger partial charge on any atom is -0.339 e. The Kier molecular flexibility index (Phi) is 5.33. The van der Waals surface area contributed by atoms with E-state index in [-0.39, 0.29) is 5.75 Å². The van der Waals surface area contributed by atoms with Crippen LogP contribution < -0.4 is 9.80 Å². The second-order valence-corrected chi connectivity index (χ2v) is 9.65. The first-order valence-electron chi connectivity index (χ1n) is 10.4. The summed E-state index contributed by atoms with van der Waals surface area (Å²) in [6.07, 6.45) is 7.17. The summed E-state index contributed by atoms with van der Waals surface area (Å²) in [6, 6.07) is 23.2. The summed E-state index contributed by atoms with van der Waals surface area (Å²) >= 11 is 0. The van der Waals surface area contributed by atoms with Crippen LogP contribution in [0.5, 0.6) is 0 Å². The molecule has 160 valence electrons. The monoisotopic (exact) mass is 442 g/mol. The molecule has 0 N–H and O–H groups in total. The van der Waals surface area contributed by atoms with Crippen molar-refractivity contribution in [2.75, 3.05) is 22.1 Å². The number of rotatable bonds is 5. The van der Waals surface area contributed by atoms with Gasteiger partial charge in [-0.05, 0) is 48.0 Å². The number of anilines is 4. The molecule has 4 aromatic rings. The van der Waals surface area contributed by atoms with Crippen LogP contribution in [0, 0.1) is 0 Å². The Morgan fingerprint density at radius 1 is 0.781 bits per heavy atom. The second kappa shape index (κ2) is 8.43. The smallest absolute Gasteiger partial charge is 0.182 e. The molecule has 0 unspecified atom stereocenters. The predicted molar refractivity (Wildman–Crippen MR) is 126 cm³/mol. The van der Waals surface area contributed by atoms with E-state index in [2.05, 4.69) is 31.9 Å². The highest BCUT2D eigenvalue weighted by molar-refractivity contribution is 7.91. The van der Waals surface area contributed by atoms with Crippen molar-refractivity contribution in [3.05, 3.63) is 103 Å². The summed E-state index contributed by atoms with van der Waals surface area (Å²) in [4.78, 5) is 13.2. The van der Waals surface area contributed by atoms with Gasteiger partial charge in [-0.15, -0.1) is 0 Å². The number of para-hydroxylation sites is 2. The van der Waals surface area contributed by atoms with Crippen LogP contribution in [0.2, 0.25) is 0 Å². The normalized spacial score (nSPS) is 14.6. The summed E-state index contributed by atoms with van der Waals surface area (Å²) in [5.41, 5.74) is 4.70. The average Bonchev–Trinajstić information content (AvgIpc) is 2.84. The Bertz CT molecular complexity index is 1290. The van der Waals surface area contributed by atoms with Crippen molar-refractivity contribution in [2.45, 2.75) is 11.4 Å². The molecule has 0 amide bonds. The van der Waals surface area contributed by atoms with Crippen molar-refractivity contribution >= 4 is 32.6 Å². The number of aromatic nitrogens is 2. The molecule has 1 aliphatic rings. The zero-order chi connectivity index (χ0) is 22.0. The molecule has 0 saturated carbocycles. The van der Waals surface area contributed by atoms with Crippen molar-refractivity contribution in [1.82, 2.24) is 9.97 Å². The first-order valence-corrected chi connectivity index (χ1v) is 12.0. The maximum Gasteiger partial charge on any atom is 0.182 e. The lowest BCUT2D eigenvalue weighted by atomic mass is 10.1. The molecular formula is C25H22N4O2S. The van der Waals surface area contributed by atoms with Gasteiger partial charge in [-0.3, -0.25) is 9.97 Å². The summed E-state index contributed by atoms with van der Waals surface area (Å²) in [7, 11) is -3.27. The number of pyridine rings is 2. The largest absolute Gasteiger partial charge is 0.339 e. The fourth-order valence-electron chi connectivity index (χ4n) is 4.07. The van der Waals surface area contributed by atoms with Gasteiger partial charge in [0, 0.05) is 24.6 Å². The Balaban J connectivity index is 1.58. The molecule has 0 spiro atoms. The third-order valence-corrected chi connectivity index (χ3v) is 7.34. The number of fused-ring (bicyclic) bond motifs is 1. The minimum absolute atomic E-state index is 0.0905. The highest BCUT2D eigenvalue weighted by Gasteiger charge is 2.29. The van der Waals surface area contributed by atoms with Crippen molar-refractivity contribution in [3.63, 3.8) is 0 Å². The third kappa shape index (κ3) is 3.83. The molecule has 0 bridgehead atoms. The molecule has 0 aliphatic carbocycles. The van der Waals surface area contributed by atoms with Crippen LogP contribution in [0.25, 0.3) is 0 Å². The zero-order valence-electron chi connectivity index (χ0n) is 17.4. The fourth-order valence-corrected chi connectivity index (χ4v) is 5.50. The Hall–Kier alpha value is -3.71. The van der Waals surface area contributed by atoms with Gasteiger partial charge in [-0.2, -0.15) is 0 Å². The van der Waals surface area contributed by atoms with Crippen molar-refractivity contribution in [2.24, 2.45) is 0 Å². The molecule has 1 aliphatic heterocycles. The van der Waals surface area contributed by atoms with Crippen LogP contribution in [0.4, 0.5) is 22.7 Å². The molecule has 2 aromatic heterocycles. The van der Waals surface area contributed by atoms with E-state index >= 15 is 0 Å². The number of hydrogen-bond donors (Lipinski definition) is 0. The molecule has 0 atom stereocenters. The summed E-state index contributed by atoms with van der Waals surface area (Å²) in [5, 5.41) is 0. The fraction of sp³-hybridized carbons (Fsp3) is 0.120. The highest BCUT2D eigenvalue weighted by Crippen LogP contribution is 2.38. The number of hydrogen-bond acceptors (Lipinski definition) is 6. The first kappa shape index (κ1) is 20.2. The Morgan fingerprint density at radius 3 is 2.06 bits per heavy atom. The molecule has 2 aromatic carbocycles. The lowest BCUT2D eigenvalue weighted by molar-refractivity contribution is 0.592. The summed E-state index contributed by atoms with van der Waals surface area (Å²) < 4.78 is 25.3. The molecular weight excluding hydrogens is 420 g/mol. The van der Waals surface area contributed by atoms with Crippen LogP contribution in [0.1, 0.15) is 5.56 Å². The van der Waals surface area contributed by atoms with Gasteiger partial charge in [0.25, 0.3) is 0 Å². The van der Waals surface area contributed by atoms with Crippen LogP contribution in [-0.4, -0.2) is 30.7 Å². The average molecular weight is 443 g/mol. The Labute approximate surface area is 187 Å². The topological polar surface area (TPSA) is 66.4 Å². The second-order valence-electron chi connectivity index (χ2n) is 7.58. The van der Waals surface area contributed by atoms with E-state index in [0.717, 1.165) is 28.3 Å². The van der Waals surface area contributed by atoms with E-state index in [9.17, 15) is 8.42 Å². The van der Waals surface area contributed by atoms with Gasteiger partial charge in [0.2, 0.25) is 0 Å². The van der Waals surface area contributed by atoms with Crippen molar-refractivity contribution in [3.8, 4) is 0 Å². The third-order valence-electron chi connectivity index (χ3n) is 5.60. The maximum absolute atomic E-state index is 12.6. The number of benzene rings is 2. The lowest BCUT2D eigenvalue weighted by Crippen LogP contribution is -2.32. The van der Waals surface area contributed by atoms with Crippen molar-refractivity contribution in [1.29, 1.82) is 0 Å². The number of sulfone groups is 1.